The van der Waals surface area contributed by atoms with Gasteiger partial charge in [-0.2, -0.15) is 0 Å². The van der Waals surface area contributed by atoms with E-state index in [9.17, 15) is 28.1 Å². The van der Waals surface area contributed by atoms with E-state index in [0.717, 1.165) is 15.9 Å². The number of carbonyl (C=O) groups is 2. The third kappa shape index (κ3) is 9.15. The number of rotatable bonds is 15. The number of nitro benzene ring substituents is 1. The molecule has 0 aromatic heterocycles. The molecule has 0 aliphatic rings. The highest BCUT2D eigenvalue weighted by Gasteiger charge is 2.35. The van der Waals surface area contributed by atoms with Crippen LogP contribution in [-0.2, 0) is 32.6 Å². The number of amides is 2. The Morgan fingerprint density at radius 3 is 2.24 bits per heavy atom. The fourth-order valence-corrected chi connectivity index (χ4v) is 6.79. The molecule has 1 N–H and O–H groups in total. The zero-order chi connectivity index (χ0) is 35.7. The van der Waals surface area contributed by atoms with Gasteiger partial charge >= 0.3 is 0 Å². The SMILES string of the molecule is CC[C@@H](C)NC(=O)[C@H](Cc1ccccc1)N(Cc1ccccc1Cl)C(=O)CN(c1ccc(OC)cc1)S(=O)(=O)c1ccc(C)c([N+](=O)[O-])c1. The average Bonchev–Trinajstić information content (AvgIpc) is 3.09. The second-order valence-electron chi connectivity index (χ2n) is 11.6. The van der Waals surface area contributed by atoms with Crippen molar-refractivity contribution in [3.05, 3.63) is 129 Å². The van der Waals surface area contributed by atoms with E-state index >= 15 is 0 Å². The van der Waals surface area contributed by atoms with Crippen LogP contribution in [0.4, 0.5) is 11.4 Å². The minimum absolute atomic E-state index is 0.101. The van der Waals surface area contributed by atoms with Gasteiger partial charge in [-0.3, -0.25) is 24.0 Å². The highest BCUT2D eigenvalue weighted by Crippen LogP contribution is 2.30. The number of hydrogen-bond acceptors (Lipinski definition) is 7. The third-order valence-electron chi connectivity index (χ3n) is 8.18. The molecule has 49 heavy (non-hydrogen) atoms. The van der Waals surface area contributed by atoms with Crippen LogP contribution in [0.15, 0.2) is 102 Å². The number of methoxy groups -OCH3 is 1. The maximum absolute atomic E-state index is 14.6. The average molecular weight is 707 g/mol. The molecule has 0 unspecified atom stereocenters. The van der Waals surface area contributed by atoms with Gasteiger partial charge in [0.15, 0.2) is 0 Å². The standard InChI is InChI=1S/C36H39ClN4O7S/c1-5-26(3)38-36(43)34(21-27-11-7-6-8-12-27)39(23-28-13-9-10-14-32(28)37)35(42)24-40(29-16-18-30(48-4)19-17-29)49(46,47)31-20-15-25(2)33(22-31)41(44)45/h6-20,22,26,34H,5,21,23-24H2,1-4H3,(H,38,43)/t26-,34+/m1/s1. The molecule has 2 amide bonds. The summed E-state index contributed by atoms with van der Waals surface area (Å²) in [7, 11) is -3.11. The number of nitrogens with one attached hydrogen (secondary N) is 1. The lowest BCUT2D eigenvalue weighted by atomic mass is 10.0. The smallest absolute Gasteiger partial charge is 0.273 e. The number of benzene rings is 4. The van der Waals surface area contributed by atoms with Crippen LogP contribution in [-0.4, -0.2) is 55.8 Å². The number of nitro groups is 1. The largest absolute Gasteiger partial charge is 0.497 e. The minimum Gasteiger partial charge on any atom is -0.497 e. The van der Waals surface area contributed by atoms with E-state index < -0.39 is 39.3 Å². The Morgan fingerprint density at radius 2 is 1.63 bits per heavy atom. The van der Waals surface area contributed by atoms with Crippen molar-refractivity contribution in [1.29, 1.82) is 0 Å². The molecule has 0 spiro atoms. The lowest BCUT2D eigenvalue weighted by molar-refractivity contribution is -0.385. The van der Waals surface area contributed by atoms with Gasteiger partial charge in [0.25, 0.3) is 15.7 Å². The van der Waals surface area contributed by atoms with E-state index in [2.05, 4.69) is 5.32 Å². The van der Waals surface area contributed by atoms with Gasteiger partial charge in [-0.15, -0.1) is 0 Å². The summed E-state index contributed by atoms with van der Waals surface area (Å²) in [6.07, 6.45) is 0.785. The number of anilines is 1. The van der Waals surface area contributed by atoms with E-state index in [1.54, 1.807) is 36.4 Å². The highest BCUT2D eigenvalue weighted by atomic mass is 35.5. The van der Waals surface area contributed by atoms with Crippen LogP contribution in [0.3, 0.4) is 0 Å². The molecule has 0 saturated carbocycles. The fraction of sp³-hybridized carbons (Fsp3) is 0.278. The van der Waals surface area contributed by atoms with Crippen molar-refractivity contribution in [3.63, 3.8) is 0 Å². The van der Waals surface area contributed by atoms with Crippen molar-refractivity contribution in [2.75, 3.05) is 18.0 Å². The first kappa shape index (κ1) is 36.9. The molecule has 4 aromatic rings. The number of aryl methyl sites for hydroxylation is 1. The van der Waals surface area contributed by atoms with Gasteiger partial charge in [0.05, 0.1) is 22.6 Å². The molecule has 0 radical (unpaired) electrons. The first-order valence-corrected chi connectivity index (χ1v) is 17.5. The summed E-state index contributed by atoms with van der Waals surface area (Å²) in [4.78, 5) is 40.6. The van der Waals surface area contributed by atoms with Crippen molar-refractivity contribution in [1.82, 2.24) is 10.2 Å². The van der Waals surface area contributed by atoms with E-state index in [1.807, 2.05) is 44.2 Å². The molecule has 2 atom stereocenters. The Kier molecular flexibility index (Phi) is 12.4. The van der Waals surface area contributed by atoms with Crippen LogP contribution in [0.1, 0.15) is 37.0 Å². The number of hydrogen-bond donors (Lipinski definition) is 1. The number of sulfonamides is 1. The molecular weight excluding hydrogens is 668 g/mol. The van der Waals surface area contributed by atoms with Crippen LogP contribution in [0.2, 0.25) is 5.02 Å². The molecule has 0 heterocycles. The Hall–Kier alpha value is -4.94. The number of nitrogens with zero attached hydrogens (tertiary/aromatic N) is 3. The van der Waals surface area contributed by atoms with Crippen molar-refractivity contribution in [2.45, 2.75) is 57.1 Å². The molecule has 0 aliphatic heterocycles. The quantitative estimate of drug-likeness (QED) is 0.113. The first-order chi connectivity index (χ1) is 23.3. The summed E-state index contributed by atoms with van der Waals surface area (Å²) in [5.74, 6) is -0.656. The molecular formula is C36H39ClN4O7S. The van der Waals surface area contributed by atoms with E-state index in [-0.39, 0.29) is 40.8 Å². The van der Waals surface area contributed by atoms with Crippen molar-refractivity contribution >= 4 is 44.8 Å². The zero-order valence-electron chi connectivity index (χ0n) is 27.7. The van der Waals surface area contributed by atoms with Crippen LogP contribution < -0.4 is 14.4 Å². The zero-order valence-corrected chi connectivity index (χ0v) is 29.3. The molecule has 0 aliphatic carbocycles. The summed E-state index contributed by atoms with van der Waals surface area (Å²) in [5.41, 5.74) is 1.35. The van der Waals surface area contributed by atoms with Gasteiger partial charge in [0.2, 0.25) is 11.8 Å². The van der Waals surface area contributed by atoms with Crippen molar-refractivity contribution in [2.24, 2.45) is 0 Å². The highest BCUT2D eigenvalue weighted by molar-refractivity contribution is 7.92. The lowest BCUT2D eigenvalue weighted by Crippen LogP contribution is -2.54. The predicted octanol–water partition coefficient (Wildman–Crippen LogP) is 6.32. The molecule has 4 rings (SSSR count). The normalized spacial score (nSPS) is 12.4. The third-order valence-corrected chi connectivity index (χ3v) is 10.3. The Morgan fingerprint density at radius 1 is 0.980 bits per heavy atom. The molecule has 4 aromatic carbocycles. The molecule has 0 fully saturated rings. The second-order valence-corrected chi connectivity index (χ2v) is 13.8. The van der Waals surface area contributed by atoms with Crippen LogP contribution in [0.5, 0.6) is 5.75 Å². The maximum atomic E-state index is 14.6. The minimum atomic E-state index is -4.57. The van der Waals surface area contributed by atoms with E-state index in [0.29, 0.717) is 22.8 Å². The van der Waals surface area contributed by atoms with Crippen molar-refractivity contribution < 1.29 is 27.7 Å². The van der Waals surface area contributed by atoms with Crippen LogP contribution in [0.25, 0.3) is 0 Å². The van der Waals surface area contributed by atoms with Gasteiger partial charge in [-0.05, 0) is 67.8 Å². The lowest BCUT2D eigenvalue weighted by Gasteiger charge is -2.34. The Labute approximate surface area is 291 Å². The molecule has 0 bridgehead atoms. The number of halogens is 1. The van der Waals surface area contributed by atoms with Crippen LogP contribution in [0, 0.1) is 17.0 Å². The Balaban J connectivity index is 1.85. The predicted molar refractivity (Wildman–Crippen MR) is 189 cm³/mol. The van der Waals surface area contributed by atoms with Gasteiger partial charge in [0.1, 0.15) is 18.3 Å². The summed E-state index contributed by atoms with van der Waals surface area (Å²) in [6, 6.07) is 24.5. The van der Waals surface area contributed by atoms with Crippen LogP contribution >= 0.6 is 11.6 Å². The number of carbonyl (C=O) groups excluding carboxylic acids is 2. The fourth-order valence-electron chi connectivity index (χ4n) is 5.16. The monoisotopic (exact) mass is 706 g/mol. The molecule has 0 saturated heterocycles. The summed E-state index contributed by atoms with van der Waals surface area (Å²) < 4.78 is 34.8. The molecule has 258 valence electrons. The maximum Gasteiger partial charge on any atom is 0.273 e. The van der Waals surface area contributed by atoms with E-state index in [4.69, 9.17) is 16.3 Å². The van der Waals surface area contributed by atoms with Gasteiger partial charge in [-0.25, -0.2) is 8.42 Å². The van der Waals surface area contributed by atoms with Gasteiger partial charge in [0, 0.05) is 35.7 Å². The second kappa shape index (κ2) is 16.4. The summed E-state index contributed by atoms with van der Waals surface area (Å²) >= 11 is 6.55. The van der Waals surface area contributed by atoms with Gasteiger partial charge in [-0.1, -0.05) is 73.1 Å². The number of ether oxygens (including phenoxy) is 1. The molecule has 13 heteroatoms. The molecule has 11 nitrogen and oxygen atoms in total. The van der Waals surface area contributed by atoms with E-state index in [1.165, 1.54) is 43.2 Å². The Bertz CT molecular complexity index is 1890. The summed E-state index contributed by atoms with van der Waals surface area (Å²) in [5, 5.41) is 15.1. The first-order valence-electron chi connectivity index (χ1n) is 15.6. The van der Waals surface area contributed by atoms with Crippen molar-refractivity contribution in [3.8, 4) is 5.75 Å². The summed E-state index contributed by atoms with van der Waals surface area (Å²) in [6.45, 7) is 4.45. The van der Waals surface area contributed by atoms with Gasteiger partial charge < -0.3 is 15.0 Å². The topological polar surface area (TPSA) is 139 Å².